The summed E-state index contributed by atoms with van der Waals surface area (Å²) in [6.07, 6.45) is -2.96. The summed E-state index contributed by atoms with van der Waals surface area (Å²) >= 11 is 0. The Balaban J connectivity index is 2.93. The lowest BCUT2D eigenvalue weighted by atomic mass is 9.95. The maximum absolute atomic E-state index is 13.3. The fourth-order valence-electron chi connectivity index (χ4n) is 2.42. The Kier molecular flexibility index (Phi) is 6.05. The Bertz CT molecular complexity index is 442. The molecule has 0 saturated heterocycles. The minimum atomic E-state index is -4.67. The molecule has 1 aromatic carbocycles. The van der Waals surface area contributed by atoms with E-state index in [-0.39, 0.29) is 6.04 Å². The van der Waals surface area contributed by atoms with Gasteiger partial charge in [-0.25, -0.2) is 4.39 Å². The van der Waals surface area contributed by atoms with Crippen molar-refractivity contribution in [1.29, 1.82) is 0 Å². The van der Waals surface area contributed by atoms with Crippen LogP contribution in [0.2, 0.25) is 0 Å². The van der Waals surface area contributed by atoms with E-state index in [1.807, 2.05) is 0 Å². The predicted octanol–water partition coefficient (Wildman–Crippen LogP) is 5.72. The molecule has 1 N–H and O–H groups in total. The molecule has 120 valence electrons. The van der Waals surface area contributed by atoms with Crippen molar-refractivity contribution in [3.63, 3.8) is 0 Å². The molecule has 21 heavy (non-hydrogen) atoms. The second kappa shape index (κ2) is 7.14. The van der Waals surface area contributed by atoms with Gasteiger partial charge in [0.1, 0.15) is 5.82 Å². The van der Waals surface area contributed by atoms with Gasteiger partial charge in [0, 0.05) is 11.7 Å². The van der Waals surface area contributed by atoms with Crippen LogP contribution < -0.4 is 5.32 Å². The topological polar surface area (TPSA) is 12.0 Å². The van der Waals surface area contributed by atoms with Crippen LogP contribution in [0.3, 0.4) is 0 Å². The summed E-state index contributed by atoms with van der Waals surface area (Å²) in [5.41, 5.74) is -0.907. The van der Waals surface area contributed by atoms with Gasteiger partial charge in [-0.15, -0.1) is 0 Å². The van der Waals surface area contributed by atoms with Crippen LogP contribution in [0.15, 0.2) is 18.2 Å². The summed E-state index contributed by atoms with van der Waals surface area (Å²) < 4.78 is 51.4. The van der Waals surface area contributed by atoms with Gasteiger partial charge in [0.25, 0.3) is 0 Å². The van der Waals surface area contributed by atoms with Crippen molar-refractivity contribution in [3.05, 3.63) is 29.6 Å². The van der Waals surface area contributed by atoms with E-state index >= 15 is 0 Å². The number of halogens is 4. The SMILES string of the molecule is CC(C)CC(CC(C)C)Nc1ccc(F)c(C(F)(F)F)c1. The van der Waals surface area contributed by atoms with Crippen LogP contribution in [-0.4, -0.2) is 6.04 Å². The summed E-state index contributed by atoms with van der Waals surface area (Å²) in [7, 11) is 0. The first-order valence-electron chi connectivity index (χ1n) is 7.23. The van der Waals surface area contributed by atoms with Gasteiger partial charge in [0.15, 0.2) is 0 Å². The largest absolute Gasteiger partial charge is 0.419 e. The Hall–Kier alpha value is -1.26. The van der Waals surface area contributed by atoms with Crippen molar-refractivity contribution in [1.82, 2.24) is 0 Å². The van der Waals surface area contributed by atoms with Gasteiger partial charge >= 0.3 is 6.18 Å². The smallest absolute Gasteiger partial charge is 0.382 e. The predicted molar refractivity (Wildman–Crippen MR) is 77.7 cm³/mol. The molecule has 0 aromatic heterocycles. The van der Waals surface area contributed by atoms with E-state index in [1.165, 1.54) is 6.07 Å². The quantitative estimate of drug-likeness (QED) is 0.663. The number of benzene rings is 1. The van der Waals surface area contributed by atoms with Gasteiger partial charge in [0.05, 0.1) is 5.56 Å². The highest BCUT2D eigenvalue weighted by molar-refractivity contribution is 5.47. The van der Waals surface area contributed by atoms with Gasteiger partial charge < -0.3 is 5.32 Å². The number of hydrogen-bond acceptors (Lipinski definition) is 1. The lowest BCUT2D eigenvalue weighted by Gasteiger charge is -2.24. The summed E-state index contributed by atoms with van der Waals surface area (Å²) in [4.78, 5) is 0. The lowest BCUT2D eigenvalue weighted by molar-refractivity contribution is -0.139. The molecule has 0 heterocycles. The molecule has 1 nitrogen and oxygen atoms in total. The normalized spacial score (nSPS) is 12.5. The molecule has 0 aliphatic rings. The van der Waals surface area contributed by atoms with Crippen LogP contribution in [0.4, 0.5) is 23.2 Å². The lowest BCUT2D eigenvalue weighted by Crippen LogP contribution is -2.24. The van der Waals surface area contributed by atoms with Crippen LogP contribution >= 0.6 is 0 Å². The minimum absolute atomic E-state index is 0.0801. The van der Waals surface area contributed by atoms with E-state index < -0.39 is 17.6 Å². The van der Waals surface area contributed by atoms with E-state index in [0.29, 0.717) is 17.5 Å². The van der Waals surface area contributed by atoms with E-state index in [4.69, 9.17) is 0 Å². The third-order valence-electron chi connectivity index (χ3n) is 3.15. The maximum atomic E-state index is 13.3. The first kappa shape index (κ1) is 17.8. The van der Waals surface area contributed by atoms with Crippen molar-refractivity contribution >= 4 is 5.69 Å². The zero-order valence-electron chi connectivity index (χ0n) is 12.9. The van der Waals surface area contributed by atoms with E-state index in [9.17, 15) is 17.6 Å². The van der Waals surface area contributed by atoms with Crippen LogP contribution in [0.1, 0.15) is 46.1 Å². The highest BCUT2D eigenvalue weighted by Gasteiger charge is 2.34. The zero-order valence-corrected chi connectivity index (χ0v) is 12.9. The highest BCUT2D eigenvalue weighted by Crippen LogP contribution is 2.33. The fourth-order valence-corrected chi connectivity index (χ4v) is 2.42. The van der Waals surface area contributed by atoms with Crippen molar-refractivity contribution in [2.75, 3.05) is 5.32 Å². The van der Waals surface area contributed by atoms with Crippen molar-refractivity contribution in [3.8, 4) is 0 Å². The molecule has 0 aliphatic carbocycles. The molecular formula is C16H23F4N. The van der Waals surface area contributed by atoms with E-state index in [2.05, 4.69) is 33.0 Å². The highest BCUT2D eigenvalue weighted by atomic mass is 19.4. The van der Waals surface area contributed by atoms with Crippen LogP contribution in [0.25, 0.3) is 0 Å². The maximum Gasteiger partial charge on any atom is 0.419 e. The second-order valence-corrected chi connectivity index (χ2v) is 6.29. The Morgan fingerprint density at radius 3 is 1.95 bits per heavy atom. The number of anilines is 1. The summed E-state index contributed by atoms with van der Waals surface area (Å²) in [5, 5.41) is 3.11. The first-order chi connectivity index (χ1) is 9.59. The average molecular weight is 305 g/mol. The number of hydrogen-bond donors (Lipinski definition) is 1. The molecule has 0 atom stereocenters. The van der Waals surface area contributed by atoms with Crippen molar-refractivity contribution < 1.29 is 17.6 Å². The molecule has 0 saturated carbocycles. The van der Waals surface area contributed by atoms with E-state index in [1.54, 1.807) is 0 Å². The molecule has 5 heteroatoms. The molecule has 0 radical (unpaired) electrons. The summed E-state index contributed by atoms with van der Waals surface area (Å²) in [6.45, 7) is 8.28. The standard InChI is InChI=1S/C16H23F4N/c1-10(2)7-13(8-11(3)4)21-12-5-6-15(17)14(9-12)16(18,19)20/h5-6,9-11,13,21H,7-8H2,1-4H3. The van der Waals surface area contributed by atoms with Gasteiger partial charge in [-0.3, -0.25) is 0 Å². The Morgan fingerprint density at radius 1 is 1.00 bits per heavy atom. The minimum Gasteiger partial charge on any atom is -0.382 e. The number of alkyl halides is 3. The Labute approximate surface area is 123 Å². The molecule has 0 unspecified atom stereocenters. The fraction of sp³-hybridized carbons (Fsp3) is 0.625. The second-order valence-electron chi connectivity index (χ2n) is 6.29. The molecule has 0 amide bonds. The Morgan fingerprint density at radius 2 is 1.52 bits per heavy atom. The monoisotopic (exact) mass is 305 g/mol. The zero-order chi connectivity index (χ0) is 16.2. The van der Waals surface area contributed by atoms with Gasteiger partial charge in [-0.05, 0) is 42.9 Å². The van der Waals surface area contributed by atoms with Crippen molar-refractivity contribution in [2.24, 2.45) is 11.8 Å². The molecule has 0 spiro atoms. The number of rotatable bonds is 6. The molecule has 0 bridgehead atoms. The van der Waals surface area contributed by atoms with Crippen LogP contribution in [-0.2, 0) is 6.18 Å². The summed E-state index contributed by atoms with van der Waals surface area (Å²) in [5.74, 6) is -0.370. The van der Waals surface area contributed by atoms with Gasteiger partial charge in [-0.1, -0.05) is 27.7 Å². The van der Waals surface area contributed by atoms with Crippen LogP contribution in [0.5, 0.6) is 0 Å². The first-order valence-corrected chi connectivity index (χ1v) is 7.23. The van der Waals surface area contributed by atoms with Crippen LogP contribution in [0, 0.1) is 17.7 Å². The molecule has 0 aliphatic heterocycles. The average Bonchev–Trinajstić information content (AvgIpc) is 2.28. The number of nitrogens with one attached hydrogen (secondary N) is 1. The molecular weight excluding hydrogens is 282 g/mol. The molecule has 0 fully saturated rings. The van der Waals surface area contributed by atoms with Gasteiger partial charge in [0.2, 0.25) is 0 Å². The van der Waals surface area contributed by atoms with E-state index in [0.717, 1.165) is 25.0 Å². The van der Waals surface area contributed by atoms with Gasteiger partial charge in [-0.2, -0.15) is 13.2 Å². The third kappa shape index (κ3) is 5.94. The molecule has 1 aromatic rings. The summed E-state index contributed by atoms with van der Waals surface area (Å²) in [6, 6.07) is 3.16. The molecule has 1 rings (SSSR count). The van der Waals surface area contributed by atoms with Crippen molar-refractivity contribution in [2.45, 2.75) is 52.8 Å². The third-order valence-corrected chi connectivity index (χ3v) is 3.15.